The van der Waals surface area contributed by atoms with Crippen molar-refractivity contribution in [3.63, 3.8) is 0 Å². The van der Waals surface area contributed by atoms with Crippen molar-refractivity contribution in [3.05, 3.63) is 18.6 Å². The second-order valence-electron chi connectivity index (χ2n) is 10.4. The molecule has 0 spiro atoms. The topological polar surface area (TPSA) is 30.7 Å². The number of hydrogen-bond donors (Lipinski definition) is 0. The standard InChI is InChI=1S/C20H30BN3/c1-18(2)8-15(9-18)24-13-23-16-7-14(10-22-17(16)24)21-11-19(3,4)20(5,6)12-21/h7,10,13,15H,8-9,11-12H2,1-6H3. The Bertz CT molecular complexity index is 763. The van der Waals surface area contributed by atoms with Gasteiger partial charge in [0.15, 0.2) is 12.4 Å². The zero-order chi connectivity index (χ0) is 17.3. The summed E-state index contributed by atoms with van der Waals surface area (Å²) in [4.78, 5) is 9.51. The summed E-state index contributed by atoms with van der Waals surface area (Å²) in [5.74, 6) is 0. The molecule has 4 heteroatoms. The van der Waals surface area contributed by atoms with Crippen molar-refractivity contribution in [2.24, 2.45) is 16.2 Å². The Balaban J connectivity index is 1.62. The third kappa shape index (κ3) is 2.41. The Kier molecular flexibility index (Phi) is 3.28. The number of aromatic nitrogens is 3. The largest absolute Gasteiger partial charge is 0.312 e. The van der Waals surface area contributed by atoms with Crippen LogP contribution in [0.1, 0.15) is 60.4 Å². The lowest BCUT2D eigenvalue weighted by Crippen LogP contribution is -2.33. The fourth-order valence-corrected chi connectivity index (χ4v) is 4.93. The van der Waals surface area contributed by atoms with Gasteiger partial charge in [-0.1, -0.05) is 59.6 Å². The molecule has 2 aromatic rings. The van der Waals surface area contributed by atoms with Gasteiger partial charge in [0.2, 0.25) is 0 Å². The lowest BCUT2D eigenvalue weighted by Gasteiger charge is -2.43. The van der Waals surface area contributed by atoms with Gasteiger partial charge in [-0.25, -0.2) is 9.97 Å². The molecule has 0 radical (unpaired) electrons. The molecule has 4 rings (SSSR count). The molecule has 0 aromatic carbocycles. The van der Waals surface area contributed by atoms with Gasteiger partial charge in [-0.05, 0) is 35.2 Å². The lowest BCUT2D eigenvalue weighted by atomic mass is 9.42. The van der Waals surface area contributed by atoms with E-state index in [-0.39, 0.29) is 0 Å². The number of pyridine rings is 1. The van der Waals surface area contributed by atoms with E-state index in [9.17, 15) is 0 Å². The summed E-state index contributed by atoms with van der Waals surface area (Å²) in [6.45, 7) is 14.9. The van der Waals surface area contributed by atoms with E-state index in [1.165, 1.54) is 30.9 Å². The molecular weight excluding hydrogens is 293 g/mol. The molecule has 3 heterocycles. The molecule has 3 nitrogen and oxygen atoms in total. The third-order valence-electron chi connectivity index (χ3n) is 7.22. The van der Waals surface area contributed by atoms with Crippen LogP contribution in [0.4, 0.5) is 0 Å². The summed E-state index contributed by atoms with van der Waals surface area (Å²) in [7, 11) is 0. The Labute approximate surface area is 146 Å². The molecule has 1 aliphatic carbocycles. The van der Waals surface area contributed by atoms with Crippen molar-refractivity contribution in [2.45, 2.75) is 73.1 Å². The van der Waals surface area contributed by atoms with Gasteiger partial charge in [0.05, 0.1) is 6.33 Å². The molecule has 2 aliphatic rings. The first-order valence-corrected chi connectivity index (χ1v) is 9.41. The third-order valence-corrected chi connectivity index (χ3v) is 7.22. The average Bonchev–Trinajstić information content (AvgIpc) is 2.94. The molecule has 0 bridgehead atoms. The first-order chi connectivity index (χ1) is 11.1. The Morgan fingerprint density at radius 2 is 1.62 bits per heavy atom. The van der Waals surface area contributed by atoms with E-state index in [0.717, 1.165) is 11.2 Å². The summed E-state index contributed by atoms with van der Waals surface area (Å²) >= 11 is 0. The quantitative estimate of drug-likeness (QED) is 0.759. The van der Waals surface area contributed by atoms with E-state index in [0.29, 0.717) is 29.0 Å². The first-order valence-electron chi connectivity index (χ1n) is 9.41. The molecule has 0 atom stereocenters. The molecule has 2 fully saturated rings. The highest BCUT2D eigenvalue weighted by atomic mass is 15.1. The molecular formula is C20H30BN3. The zero-order valence-corrected chi connectivity index (χ0v) is 16.1. The van der Waals surface area contributed by atoms with Gasteiger partial charge in [0.1, 0.15) is 5.52 Å². The first kappa shape index (κ1) is 16.2. The normalized spacial score (nSPS) is 25.2. The minimum atomic E-state index is 0.378. The molecule has 0 N–H and O–H groups in total. The molecule has 1 saturated carbocycles. The number of fused-ring (bicyclic) bond motifs is 1. The fourth-order valence-electron chi connectivity index (χ4n) is 4.93. The molecule has 0 unspecified atom stereocenters. The van der Waals surface area contributed by atoms with Crippen molar-refractivity contribution in [3.8, 4) is 0 Å². The minimum absolute atomic E-state index is 0.378. The molecule has 128 valence electrons. The summed E-state index contributed by atoms with van der Waals surface area (Å²) in [6.07, 6.45) is 9.06. The Morgan fingerprint density at radius 1 is 1.00 bits per heavy atom. The summed E-state index contributed by atoms with van der Waals surface area (Å²) in [5, 5.41) is 0. The van der Waals surface area contributed by atoms with E-state index in [4.69, 9.17) is 4.98 Å². The smallest absolute Gasteiger partial charge is 0.179 e. The van der Waals surface area contributed by atoms with Crippen LogP contribution in [0.5, 0.6) is 0 Å². The highest BCUT2D eigenvalue weighted by Gasteiger charge is 2.48. The monoisotopic (exact) mass is 323 g/mol. The SMILES string of the molecule is CC1(C)CC(n2cnc3cc(B4CC(C)(C)C(C)(C)C4)cnc32)C1. The van der Waals surface area contributed by atoms with Crippen molar-refractivity contribution in [1.82, 2.24) is 14.5 Å². The van der Waals surface area contributed by atoms with Crippen LogP contribution in [0.15, 0.2) is 18.6 Å². The van der Waals surface area contributed by atoms with E-state index in [2.05, 4.69) is 63.4 Å². The van der Waals surface area contributed by atoms with Gasteiger partial charge in [-0.2, -0.15) is 0 Å². The average molecular weight is 323 g/mol. The van der Waals surface area contributed by atoms with E-state index in [1.54, 1.807) is 0 Å². The zero-order valence-electron chi connectivity index (χ0n) is 16.1. The Hall–Kier alpha value is -1.32. The molecule has 24 heavy (non-hydrogen) atoms. The summed E-state index contributed by atoms with van der Waals surface area (Å²) in [5.41, 5.74) is 4.74. The van der Waals surface area contributed by atoms with Crippen molar-refractivity contribution < 1.29 is 0 Å². The molecule has 1 aliphatic heterocycles. The second kappa shape index (κ2) is 4.86. The van der Waals surface area contributed by atoms with Crippen LogP contribution in [0.25, 0.3) is 11.2 Å². The van der Waals surface area contributed by atoms with Crippen LogP contribution in [-0.2, 0) is 0 Å². The maximum absolute atomic E-state index is 4.83. The Morgan fingerprint density at radius 3 is 2.21 bits per heavy atom. The number of hydrogen-bond acceptors (Lipinski definition) is 2. The van der Waals surface area contributed by atoms with Crippen molar-refractivity contribution >= 4 is 23.3 Å². The number of rotatable bonds is 2. The van der Waals surface area contributed by atoms with Crippen LogP contribution in [0.3, 0.4) is 0 Å². The number of nitrogens with zero attached hydrogens (tertiary/aromatic N) is 3. The van der Waals surface area contributed by atoms with Crippen molar-refractivity contribution in [2.75, 3.05) is 0 Å². The highest BCUT2D eigenvalue weighted by Crippen LogP contribution is 2.52. The molecule has 1 saturated heterocycles. The van der Waals surface area contributed by atoms with Crippen LogP contribution in [0.2, 0.25) is 12.6 Å². The van der Waals surface area contributed by atoms with E-state index >= 15 is 0 Å². The maximum Gasteiger partial charge on any atom is 0.179 e. The van der Waals surface area contributed by atoms with Gasteiger partial charge in [0.25, 0.3) is 0 Å². The van der Waals surface area contributed by atoms with Gasteiger partial charge < -0.3 is 4.57 Å². The fraction of sp³-hybridized carbons (Fsp3) is 0.700. The maximum atomic E-state index is 4.83. The van der Waals surface area contributed by atoms with Gasteiger partial charge in [0, 0.05) is 12.2 Å². The van der Waals surface area contributed by atoms with Crippen LogP contribution in [-0.4, -0.2) is 21.2 Å². The molecule has 2 aromatic heterocycles. The van der Waals surface area contributed by atoms with E-state index < -0.39 is 0 Å². The summed E-state index contributed by atoms with van der Waals surface area (Å²) < 4.78 is 2.30. The minimum Gasteiger partial charge on any atom is -0.312 e. The lowest BCUT2D eigenvalue weighted by molar-refractivity contribution is 0.106. The van der Waals surface area contributed by atoms with Crippen LogP contribution >= 0.6 is 0 Å². The van der Waals surface area contributed by atoms with Crippen LogP contribution < -0.4 is 5.46 Å². The predicted molar refractivity (Wildman–Crippen MR) is 102 cm³/mol. The number of imidazole rings is 1. The van der Waals surface area contributed by atoms with Crippen molar-refractivity contribution in [1.29, 1.82) is 0 Å². The molecule has 0 amide bonds. The van der Waals surface area contributed by atoms with Gasteiger partial charge >= 0.3 is 0 Å². The van der Waals surface area contributed by atoms with Crippen LogP contribution in [0, 0.1) is 16.2 Å². The summed E-state index contributed by atoms with van der Waals surface area (Å²) in [6, 6.07) is 2.87. The van der Waals surface area contributed by atoms with Gasteiger partial charge in [-0.15, -0.1) is 0 Å². The van der Waals surface area contributed by atoms with E-state index in [1.807, 2.05) is 6.33 Å². The second-order valence-corrected chi connectivity index (χ2v) is 10.4. The highest BCUT2D eigenvalue weighted by molar-refractivity contribution is 6.74. The van der Waals surface area contributed by atoms with Gasteiger partial charge in [-0.3, -0.25) is 0 Å². The predicted octanol–water partition coefficient (Wildman–Crippen LogP) is 4.56.